The highest BCUT2D eigenvalue weighted by atomic mass is 32.2. The smallest absolute Gasteiger partial charge is 0.0441 e. The molecule has 0 fully saturated rings. The molecule has 0 aliphatic rings. The van der Waals surface area contributed by atoms with E-state index in [1.807, 2.05) is 6.92 Å². The van der Waals surface area contributed by atoms with Crippen molar-refractivity contribution in [3.63, 3.8) is 0 Å². The molecule has 0 amide bonds. The van der Waals surface area contributed by atoms with Gasteiger partial charge in [-0.3, -0.25) is 4.21 Å². The topological polar surface area (TPSA) is 29.1 Å². The highest BCUT2D eigenvalue weighted by Crippen LogP contribution is 2.14. The van der Waals surface area contributed by atoms with E-state index in [1.54, 1.807) is 6.26 Å². The molecule has 3 unspecified atom stereocenters. The maximum Gasteiger partial charge on any atom is 0.0441 e. The first-order valence-electron chi connectivity index (χ1n) is 7.19. The van der Waals surface area contributed by atoms with Crippen molar-refractivity contribution in [3.8, 4) is 0 Å². The Morgan fingerprint density at radius 2 is 1.84 bits per heavy atom. The summed E-state index contributed by atoms with van der Waals surface area (Å²) in [7, 11) is -0.753. The fourth-order valence-electron chi connectivity index (χ4n) is 1.93. The van der Waals surface area contributed by atoms with Gasteiger partial charge in [0, 0.05) is 34.9 Å². The Hall–Kier alpha value is -0.670. The van der Waals surface area contributed by atoms with Crippen LogP contribution in [0.5, 0.6) is 0 Å². The van der Waals surface area contributed by atoms with Crippen molar-refractivity contribution >= 4 is 10.8 Å². The molecule has 3 atom stereocenters. The van der Waals surface area contributed by atoms with Crippen LogP contribution < -0.4 is 5.32 Å². The molecule has 1 aromatic rings. The molecule has 1 aromatic carbocycles. The number of benzene rings is 1. The Balaban J connectivity index is 2.48. The molecule has 0 aliphatic heterocycles. The second-order valence-electron chi connectivity index (χ2n) is 5.28. The maximum absolute atomic E-state index is 11.3. The Morgan fingerprint density at radius 1 is 1.21 bits per heavy atom. The molecule has 0 saturated heterocycles. The lowest BCUT2D eigenvalue weighted by Gasteiger charge is -2.17. The van der Waals surface area contributed by atoms with Crippen LogP contribution in [0.2, 0.25) is 0 Å². The zero-order valence-corrected chi connectivity index (χ0v) is 13.4. The Kier molecular flexibility index (Phi) is 7.32. The molecule has 108 valence electrons. The van der Waals surface area contributed by atoms with E-state index in [0.717, 1.165) is 6.54 Å². The lowest BCUT2D eigenvalue weighted by Crippen LogP contribution is -2.29. The van der Waals surface area contributed by atoms with E-state index < -0.39 is 10.8 Å². The molecule has 2 nitrogen and oxygen atoms in total. The summed E-state index contributed by atoms with van der Waals surface area (Å²) in [6.45, 7) is 7.19. The second-order valence-corrected chi connectivity index (χ2v) is 7.09. The third kappa shape index (κ3) is 5.87. The van der Waals surface area contributed by atoms with Crippen LogP contribution in [-0.4, -0.2) is 22.3 Å². The summed E-state index contributed by atoms with van der Waals surface area (Å²) in [5, 5.41) is 3.65. The molecule has 19 heavy (non-hydrogen) atoms. The van der Waals surface area contributed by atoms with Crippen molar-refractivity contribution in [1.82, 2.24) is 5.32 Å². The summed E-state index contributed by atoms with van der Waals surface area (Å²) in [5.41, 5.74) is 2.72. The molecular weight excluding hydrogens is 254 g/mol. The number of hydrogen-bond acceptors (Lipinski definition) is 2. The summed E-state index contributed by atoms with van der Waals surface area (Å²) in [5.74, 6) is 0. The molecule has 0 saturated carbocycles. The fraction of sp³-hybridized carbons (Fsp3) is 0.625. The minimum Gasteiger partial charge on any atom is -0.309 e. The van der Waals surface area contributed by atoms with Crippen molar-refractivity contribution in [2.24, 2.45) is 0 Å². The quantitative estimate of drug-likeness (QED) is 0.791. The Bertz CT molecular complexity index is 388. The van der Waals surface area contributed by atoms with Crippen LogP contribution in [0.25, 0.3) is 0 Å². The van der Waals surface area contributed by atoms with E-state index in [-0.39, 0.29) is 5.25 Å². The van der Waals surface area contributed by atoms with Gasteiger partial charge in [0.05, 0.1) is 0 Å². The molecule has 3 heteroatoms. The van der Waals surface area contributed by atoms with Crippen molar-refractivity contribution in [2.45, 2.75) is 51.3 Å². The zero-order valence-electron chi connectivity index (χ0n) is 12.6. The van der Waals surface area contributed by atoms with Gasteiger partial charge in [-0.25, -0.2) is 0 Å². The summed E-state index contributed by atoms with van der Waals surface area (Å²) < 4.78 is 11.3. The predicted molar refractivity (Wildman–Crippen MR) is 85.0 cm³/mol. The minimum atomic E-state index is -0.753. The van der Waals surface area contributed by atoms with Gasteiger partial charge in [0.15, 0.2) is 0 Å². The van der Waals surface area contributed by atoms with E-state index in [0.29, 0.717) is 6.04 Å². The fourth-order valence-corrected chi connectivity index (χ4v) is 2.26. The largest absolute Gasteiger partial charge is 0.309 e. The van der Waals surface area contributed by atoms with Gasteiger partial charge >= 0.3 is 0 Å². The van der Waals surface area contributed by atoms with Crippen LogP contribution in [-0.2, 0) is 17.2 Å². The van der Waals surface area contributed by atoms with Crippen molar-refractivity contribution in [1.29, 1.82) is 0 Å². The van der Waals surface area contributed by atoms with Gasteiger partial charge < -0.3 is 5.32 Å². The third-order valence-electron chi connectivity index (χ3n) is 3.58. The zero-order chi connectivity index (χ0) is 14.3. The molecular formula is C16H27NOS. The SMILES string of the molecule is CCCCc1ccc(C(C)NCC(C)S(C)=O)cc1. The second kappa shape index (κ2) is 8.49. The van der Waals surface area contributed by atoms with E-state index in [4.69, 9.17) is 0 Å². The monoisotopic (exact) mass is 281 g/mol. The average molecular weight is 281 g/mol. The summed E-state index contributed by atoms with van der Waals surface area (Å²) in [4.78, 5) is 0. The molecule has 0 bridgehead atoms. The molecule has 1 rings (SSSR count). The Labute approximate surface area is 120 Å². The molecule has 0 spiro atoms. The van der Waals surface area contributed by atoms with Gasteiger partial charge in [-0.15, -0.1) is 0 Å². The summed E-state index contributed by atoms with van der Waals surface area (Å²) in [6, 6.07) is 9.17. The first kappa shape index (κ1) is 16.4. The first-order chi connectivity index (χ1) is 9.04. The highest BCUT2D eigenvalue weighted by Gasteiger charge is 2.09. The lowest BCUT2D eigenvalue weighted by atomic mass is 10.0. The first-order valence-corrected chi connectivity index (χ1v) is 8.81. The number of nitrogens with one attached hydrogen (secondary N) is 1. The van der Waals surface area contributed by atoms with Crippen molar-refractivity contribution in [2.75, 3.05) is 12.8 Å². The number of aryl methyl sites for hydroxylation is 1. The minimum absolute atomic E-state index is 0.200. The molecule has 1 N–H and O–H groups in total. The predicted octanol–water partition coefficient (Wildman–Crippen LogP) is 3.45. The van der Waals surface area contributed by atoms with Gasteiger partial charge in [-0.1, -0.05) is 37.6 Å². The molecule has 0 radical (unpaired) electrons. The lowest BCUT2D eigenvalue weighted by molar-refractivity contribution is 0.568. The average Bonchev–Trinajstić information content (AvgIpc) is 2.42. The van der Waals surface area contributed by atoms with E-state index in [9.17, 15) is 4.21 Å². The van der Waals surface area contributed by atoms with E-state index in [1.165, 1.54) is 30.4 Å². The standard InChI is InChI=1S/C16H27NOS/c1-5-6-7-15-8-10-16(11-9-15)14(3)17-12-13(2)19(4)18/h8-11,13-14,17H,5-7,12H2,1-4H3. The normalized spacial score (nSPS) is 16.0. The van der Waals surface area contributed by atoms with E-state index >= 15 is 0 Å². The number of hydrogen-bond donors (Lipinski definition) is 1. The highest BCUT2D eigenvalue weighted by molar-refractivity contribution is 7.84. The third-order valence-corrected chi connectivity index (χ3v) is 4.88. The maximum atomic E-state index is 11.3. The van der Waals surface area contributed by atoms with Crippen LogP contribution in [0.15, 0.2) is 24.3 Å². The van der Waals surface area contributed by atoms with Crippen LogP contribution in [0.3, 0.4) is 0 Å². The number of rotatable bonds is 8. The van der Waals surface area contributed by atoms with Crippen LogP contribution in [0, 0.1) is 0 Å². The summed E-state index contributed by atoms with van der Waals surface area (Å²) in [6.07, 6.45) is 5.43. The Morgan fingerprint density at radius 3 is 2.37 bits per heavy atom. The van der Waals surface area contributed by atoms with E-state index in [2.05, 4.69) is 43.4 Å². The van der Waals surface area contributed by atoms with Crippen LogP contribution in [0.4, 0.5) is 0 Å². The molecule has 0 aromatic heterocycles. The van der Waals surface area contributed by atoms with Gasteiger partial charge in [-0.05, 0) is 37.8 Å². The summed E-state index contributed by atoms with van der Waals surface area (Å²) >= 11 is 0. The van der Waals surface area contributed by atoms with Gasteiger partial charge in [-0.2, -0.15) is 0 Å². The van der Waals surface area contributed by atoms with Gasteiger partial charge in [0.25, 0.3) is 0 Å². The molecule has 0 heterocycles. The number of unbranched alkanes of at least 4 members (excludes halogenated alkanes) is 1. The molecule has 0 aliphatic carbocycles. The van der Waals surface area contributed by atoms with Crippen LogP contribution in [0.1, 0.15) is 50.8 Å². The van der Waals surface area contributed by atoms with Gasteiger partial charge in [0.1, 0.15) is 0 Å². The van der Waals surface area contributed by atoms with Crippen molar-refractivity contribution in [3.05, 3.63) is 35.4 Å². The van der Waals surface area contributed by atoms with Gasteiger partial charge in [0.2, 0.25) is 0 Å². The van der Waals surface area contributed by atoms with Crippen LogP contribution >= 0.6 is 0 Å². The van der Waals surface area contributed by atoms with Crippen molar-refractivity contribution < 1.29 is 4.21 Å².